The first-order chi connectivity index (χ1) is 16.4. The van der Waals surface area contributed by atoms with Gasteiger partial charge in [0.1, 0.15) is 21.3 Å². The van der Waals surface area contributed by atoms with Gasteiger partial charge in [-0.1, -0.05) is 67.5 Å². The molecule has 2 aromatic heterocycles. The third-order valence-electron chi connectivity index (χ3n) is 6.39. The summed E-state index contributed by atoms with van der Waals surface area (Å²) < 4.78 is 8.21. The Morgan fingerprint density at radius 2 is 1.79 bits per heavy atom. The second-order valence-corrected chi connectivity index (χ2v) is 10.4. The van der Waals surface area contributed by atoms with Crippen LogP contribution in [0.4, 0.5) is 0 Å². The highest BCUT2D eigenvalue weighted by atomic mass is 32.2. The van der Waals surface area contributed by atoms with Crippen LogP contribution in [-0.2, 0) is 4.79 Å². The average Bonchev–Trinajstić information content (AvgIpc) is 3.11. The molecule has 174 valence electrons. The van der Waals surface area contributed by atoms with Crippen LogP contribution >= 0.6 is 24.0 Å². The van der Waals surface area contributed by atoms with E-state index < -0.39 is 0 Å². The average molecular weight is 492 g/mol. The molecule has 1 saturated heterocycles. The van der Waals surface area contributed by atoms with Crippen LogP contribution in [0, 0.1) is 13.8 Å². The van der Waals surface area contributed by atoms with Gasteiger partial charge < -0.3 is 4.74 Å². The lowest BCUT2D eigenvalue weighted by molar-refractivity contribution is -0.124. The van der Waals surface area contributed by atoms with Gasteiger partial charge in [-0.2, -0.15) is 4.98 Å². The number of carbonyl (C=O) groups is 1. The van der Waals surface area contributed by atoms with Crippen LogP contribution in [0.3, 0.4) is 0 Å². The fourth-order valence-electron chi connectivity index (χ4n) is 4.53. The maximum Gasteiger partial charge on any atom is 0.269 e. The normalized spacial score (nSPS) is 18.3. The van der Waals surface area contributed by atoms with Gasteiger partial charge in [0.25, 0.3) is 11.5 Å². The first-order valence-corrected chi connectivity index (χ1v) is 12.7. The van der Waals surface area contributed by atoms with Crippen LogP contribution in [0.2, 0.25) is 0 Å². The first kappa shape index (κ1) is 22.8. The minimum absolute atomic E-state index is 0.133. The molecule has 2 fully saturated rings. The van der Waals surface area contributed by atoms with Crippen molar-refractivity contribution in [2.45, 2.75) is 52.0 Å². The van der Waals surface area contributed by atoms with E-state index in [1.54, 1.807) is 23.2 Å². The molecule has 5 rings (SSSR count). The Labute approximate surface area is 207 Å². The molecule has 1 aliphatic carbocycles. The molecule has 6 nitrogen and oxygen atoms in total. The van der Waals surface area contributed by atoms with Gasteiger partial charge in [0.05, 0.1) is 4.91 Å². The molecule has 34 heavy (non-hydrogen) atoms. The maximum absolute atomic E-state index is 13.6. The van der Waals surface area contributed by atoms with E-state index in [0.717, 1.165) is 36.8 Å². The molecule has 0 bridgehead atoms. The molecule has 1 aromatic carbocycles. The number of nitrogens with zero attached hydrogens (tertiary/aromatic N) is 3. The van der Waals surface area contributed by atoms with Gasteiger partial charge in [-0.05, 0) is 56.0 Å². The molecule has 0 spiro atoms. The van der Waals surface area contributed by atoms with Gasteiger partial charge in [0.2, 0.25) is 5.88 Å². The van der Waals surface area contributed by atoms with Crippen molar-refractivity contribution in [3.05, 3.63) is 74.5 Å². The van der Waals surface area contributed by atoms with Crippen LogP contribution in [0.15, 0.2) is 52.3 Å². The highest BCUT2D eigenvalue weighted by molar-refractivity contribution is 8.26. The van der Waals surface area contributed by atoms with Crippen molar-refractivity contribution in [3.8, 4) is 11.6 Å². The summed E-state index contributed by atoms with van der Waals surface area (Å²) >= 11 is 6.81. The van der Waals surface area contributed by atoms with E-state index in [0.29, 0.717) is 20.6 Å². The Hall–Kier alpha value is -2.97. The fraction of sp³-hybridized carbons (Fsp3) is 0.308. The van der Waals surface area contributed by atoms with Crippen molar-refractivity contribution in [2.24, 2.45) is 0 Å². The van der Waals surface area contributed by atoms with Gasteiger partial charge in [0, 0.05) is 12.2 Å². The molecular formula is C26H25N3O3S2. The predicted molar refractivity (Wildman–Crippen MR) is 139 cm³/mol. The van der Waals surface area contributed by atoms with Crippen LogP contribution in [-0.4, -0.2) is 30.6 Å². The van der Waals surface area contributed by atoms with Gasteiger partial charge in [0.15, 0.2) is 0 Å². The zero-order chi connectivity index (χ0) is 23.8. The highest BCUT2D eigenvalue weighted by Crippen LogP contribution is 2.38. The second kappa shape index (κ2) is 9.35. The number of thioether (sulfide) groups is 1. The lowest BCUT2D eigenvalue weighted by atomic mass is 9.94. The third-order valence-corrected chi connectivity index (χ3v) is 7.72. The number of thiocarbonyl (C=S) groups is 1. The van der Waals surface area contributed by atoms with Crippen molar-refractivity contribution in [2.75, 3.05) is 0 Å². The van der Waals surface area contributed by atoms with Gasteiger partial charge >= 0.3 is 0 Å². The van der Waals surface area contributed by atoms with Crippen LogP contribution < -0.4 is 10.3 Å². The predicted octanol–water partition coefficient (Wildman–Crippen LogP) is 5.64. The zero-order valence-corrected chi connectivity index (χ0v) is 20.7. The number of para-hydroxylation sites is 1. The Bertz CT molecular complexity index is 1390. The highest BCUT2D eigenvalue weighted by Gasteiger charge is 2.38. The van der Waals surface area contributed by atoms with E-state index in [2.05, 4.69) is 0 Å². The Morgan fingerprint density at radius 3 is 2.56 bits per heavy atom. The molecule has 3 heterocycles. The number of aromatic nitrogens is 2. The largest absolute Gasteiger partial charge is 0.438 e. The van der Waals surface area contributed by atoms with Crippen LogP contribution in [0.5, 0.6) is 11.6 Å². The summed E-state index contributed by atoms with van der Waals surface area (Å²) in [6.45, 7) is 3.83. The van der Waals surface area contributed by atoms with E-state index in [1.165, 1.54) is 22.6 Å². The second-order valence-electron chi connectivity index (χ2n) is 8.73. The minimum Gasteiger partial charge on any atom is -0.438 e. The number of hydrogen-bond acceptors (Lipinski definition) is 6. The summed E-state index contributed by atoms with van der Waals surface area (Å²) in [7, 11) is 0. The zero-order valence-electron chi connectivity index (χ0n) is 19.1. The molecular weight excluding hydrogens is 466 g/mol. The number of ether oxygens (including phenoxy) is 1. The number of hydrogen-bond donors (Lipinski definition) is 0. The Morgan fingerprint density at radius 1 is 1.06 bits per heavy atom. The Kier molecular flexibility index (Phi) is 6.27. The van der Waals surface area contributed by atoms with Gasteiger partial charge in [-0.3, -0.25) is 18.9 Å². The molecule has 0 atom stereocenters. The van der Waals surface area contributed by atoms with E-state index in [9.17, 15) is 9.59 Å². The fourth-order valence-corrected chi connectivity index (χ4v) is 5.92. The number of amides is 1. The van der Waals surface area contributed by atoms with Crippen molar-refractivity contribution >= 4 is 45.9 Å². The van der Waals surface area contributed by atoms with Crippen LogP contribution in [0.1, 0.15) is 48.8 Å². The number of benzene rings is 1. The molecule has 8 heteroatoms. The maximum atomic E-state index is 13.6. The van der Waals surface area contributed by atoms with E-state index in [-0.39, 0.29) is 29.0 Å². The molecule has 1 amide bonds. The van der Waals surface area contributed by atoms with Crippen molar-refractivity contribution in [3.63, 3.8) is 0 Å². The van der Waals surface area contributed by atoms with E-state index in [4.69, 9.17) is 21.9 Å². The SMILES string of the molecule is Cc1ccccc1Oc1nc2c(C)cccn2c(=O)c1/C=C1/SC(=S)N(C2CCCCC2)C1=O. The number of rotatable bonds is 4. The van der Waals surface area contributed by atoms with Crippen molar-refractivity contribution in [1.82, 2.24) is 14.3 Å². The summed E-state index contributed by atoms with van der Waals surface area (Å²) in [5.74, 6) is 0.644. The third kappa shape index (κ3) is 4.16. The smallest absolute Gasteiger partial charge is 0.269 e. The molecule has 0 unspecified atom stereocenters. The molecule has 3 aromatic rings. The summed E-state index contributed by atoms with van der Waals surface area (Å²) in [6, 6.07) is 11.4. The summed E-state index contributed by atoms with van der Waals surface area (Å²) in [5, 5.41) is 0. The summed E-state index contributed by atoms with van der Waals surface area (Å²) in [4.78, 5) is 33.8. The molecule has 0 radical (unpaired) electrons. The Balaban J connectivity index is 1.62. The van der Waals surface area contributed by atoms with Gasteiger partial charge in [-0.25, -0.2) is 0 Å². The quantitative estimate of drug-likeness (QED) is 0.348. The lowest BCUT2D eigenvalue weighted by Gasteiger charge is -2.29. The topological polar surface area (TPSA) is 63.9 Å². The lowest BCUT2D eigenvalue weighted by Crippen LogP contribution is -2.39. The number of carbonyl (C=O) groups excluding carboxylic acids is 1. The van der Waals surface area contributed by atoms with Crippen molar-refractivity contribution < 1.29 is 9.53 Å². The first-order valence-electron chi connectivity index (χ1n) is 11.5. The summed E-state index contributed by atoms with van der Waals surface area (Å²) in [6.07, 6.45) is 8.59. The number of fused-ring (bicyclic) bond motifs is 1. The van der Waals surface area contributed by atoms with Crippen LogP contribution in [0.25, 0.3) is 11.7 Å². The van der Waals surface area contributed by atoms with E-state index >= 15 is 0 Å². The molecule has 1 aliphatic heterocycles. The molecule has 0 N–H and O–H groups in total. The van der Waals surface area contributed by atoms with Crippen molar-refractivity contribution in [1.29, 1.82) is 0 Å². The molecule has 2 aliphatic rings. The monoisotopic (exact) mass is 491 g/mol. The standard InChI is InChI=1S/C26H25N3O3S2/c1-16-9-6-7-13-20(16)32-23-19(24(30)28-14-8-10-17(2)22(28)27-23)15-21-25(31)29(26(33)34-21)18-11-4-3-5-12-18/h6-10,13-15,18H,3-5,11-12H2,1-2H3/b21-15+. The molecule has 1 saturated carbocycles. The summed E-state index contributed by atoms with van der Waals surface area (Å²) in [5.41, 5.74) is 2.23. The number of aryl methyl sites for hydroxylation is 2. The minimum atomic E-state index is -0.291. The number of pyridine rings is 1. The van der Waals surface area contributed by atoms with E-state index in [1.807, 2.05) is 44.2 Å². The van der Waals surface area contributed by atoms with Gasteiger partial charge in [-0.15, -0.1) is 0 Å².